The average molecular weight is 286 g/mol. The molecule has 0 amide bonds. The van der Waals surface area contributed by atoms with Crippen LogP contribution in [0.3, 0.4) is 0 Å². The third kappa shape index (κ3) is 3.61. The summed E-state index contributed by atoms with van der Waals surface area (Å²) in [6, 6.07) is 4.54. The van der Waals surface area contributed by atoms with Gasteiger partial charge in [0.05, 0.1) is 16.7 Å². The summed E-state index contributed by atoms with van der Waals surface area (Å²) in [6.45, 7) is 6.05. The van der Waals surface area contributed by atoms with Gasteiger partial charge in [0.15, 0.2) is 0 Å². The van der Waals surface area contributed by atoms with Crippen LogP contribution in [0.1, 0.15) is 20.8 Å². The molecule has 0 spiro atoms. The van der Waals surface area contributed by atoms with E-state index in [9.17, 15) is 8.42 Å². The van der Waals surface area contributed by atoms with Gasteiger partial charge in [0, 0.05) is 14.1 Å². The molecule has 0 heterocycles. The largest absolute Gasteiger partial charge is 0.488 e. The number of hydrogen-bond donors (Lipinski definition) is 1. The predicted molar refractivity (Wildman–Crippen MR) is 76.7 cm³/mol. The molecule has 1 rings (SSSR count). The van der Waals surface area contributed by atoms with Crippen molar-refractivity contribution in [1.82, 2.24) is 4.31 Å². The normalized spacial score (nSPS) is 13.8. The van der Waals surface area contributed by atoms with E-state index in [4.69, 9.17) is 10.5 Å². The maximum atomic E-state index is 12.0. The second kappa shape index (κ2) is 5.79. The SMILES string of the molecule is CC(C)C(C)Oc1ccc(S(=O)(=O)N(C)C)cc1N. The zero-order chi connectivity index (χ0) is 14.8. The number of rotatable bonds is 5. The zero-order valence-electron chi connectivity index (χ0n) is 12.0. The maximum absolute atomic E-state index is 12.0. The number of nitrogen functional groups attached to an aromatic ring is 1. The lowest BCUT2D eigenvalue weighted by atomic mass is 10.1. The molecule has 19 heavy (non-hydrogen) atoms. The van der Waals surface area contributed by atoms with Crippen molar-refractivity contribution in [2.75, 3.05) is 19.8 Å². The standard InChI is InChI=1S/C13H22N2O3S/c1-9(2)10(3)18-13-7-6-11(8-12(13)14)19(16,17)15(4)5/h6-10H,14H2,1-5H3. The van der Waals surface area contributed by atoms with Crippen LogP contribution >= 0.6 is 0 Å². The van der Waals surface area contributed by atoms with Gasteiger partial charge in [-0.25, -0.2) is 12.7 Å². The predicted octanol–water partition coefficient (Wildman–Crippen LogP) is 1.94. The Morgan fingerprint density at radius 3 is 2.21 bits per heavy atom. The van der Waals surface area contributed by atoms with Crippen molar-refractivity contribution in [3.05, 3.63) is 18.2 Å². The summed E-state index contributed by atoms with van der Waals surface area (Å²) >= 11 is 0. The minimum Gasteiger partial charge on any atom is -0.488 e. The van der Waals surface area contributed by atoms with Crippen molar-refractivity contribution in [3.8, 4) is 5.75 Å². The molecule has 1 atom stereocenters. The van der Waals surface area contributed by atoms with Gasteiger partial charge in [0.1, 0.15) is 5.75 Å². The summed E-state index contributed by atoms with van der Waals surface area (Å²) in [5.74, 6) is 0.864. The number of anilines is 1. The lowest BCUT2D eigenvalue weighted by Gasteiger charge is -2.20. The second-order valence-corrected chi connectivity index (χ2v) is 7.21. The van der Waals surface area contributed by atoms with Crippen molar-refractivity contribution >= 4 is 15.7 Å². The minimum atomic E-state index is -3.46. The average Bonchev–Trinajstić information content (AvgIpc) is 2.30. The quantitative estimate of drug-likeness (QED) is 0.840. The first-order valence-corrected chi connectivity index (χ1v) is 7.59. The number of hydrogen-bond acceptors (Lipinski definition) is 4. The molecule has 0 aliphatic heterocycles. The Kier molecular flexibility index (Phi) is 4.81. The molecule has 0 aliphatic carbocycles. The summed E-state index contributed by atoms with van der Waals surface area (Å²) in [5.41, 5.74) is 6.19. The molecule has 108 valence electrons. The van der Waals surface area contributed by atoms with Crippen LogP contribution in [0.4, 0.5) is 5.69 Å². The molecule has 0 aromatic heterocycles. The van der Waals surface area contributed by atoms with Gasteiger partial charge in [0.25, 0.3) is 0 Å². The number of benzene rings is 1. The van der Waals surface area contributed by atoms with E-state index in [0.717, 1.165) is 4.31 Å². The fourth-order valence-corrected chi connectivity index (χ4v) is 2.28. The van der Waals surface area contributed by atoms with Crippen molar-refractivity contribution in [1.29, 1.82) is 0 Å². The molecule has 1 unspecified atom stereocenters. The van der Waals surface area contributed by atoms with Gasteiger partial charge in [-0.15, -0.1) is 0 Å². The Morgan fingerprint density at radius 1 is 1.21 bits per heavy atom. The Bertz CT molecular complexity index is 539. The Balaban J connectivity index is 3.05. The van der Waals surface area contributed by atoms with E-state index in [2.05, 4.69) is 0 Å². The van der Waals surface area contributed by atoms with E-state index in [1.54, 1.807) is 6.07 Å². The minimum absolute atomic E-state index is 0.0126. The van der Waals surface area contributed by atoms with E-state index in [1.807, 2.05) is 20.8 Å². The molecule has 0 saturated carbocycles. The molecule has 0 radical (unpaired) electrons. The van der Waals surface area contributed by atoms with Gasteiger partial charge in [-0.1, -0.05) is 13.8 Å². The molecule has 1 aromatic carbocycles. The van der Waals surface area contributed by atoms with Gasteiger partial charge >= 0.3 is 0 Å². The van der Waals surface area contributed by atoms with Crippen LogP contribution in [0.15, 0.2) is 23.1 Å². The first-order chi connectivity index (χ1) is 8.66. The summed E-state index contributed by atoms with van der Waals surface area (Å²) < 4.78 is 30.8. The molecular formula is C13H22N2O3S. The highest BCUT2D eigenvalue weighted by atomic mass is 32.2. The van der Waals surface area contributed by atoms with Crippen LogP contribution in [0.5, 0.6) is 5.75 Å². The third-order valence-corrected chi connectivity index (χ3v) is 4.82. The molecule has 0 bridgehead atoms. The van der Waals surface area contributed by atoms with E-state index in [1.165, 1.54) is 26.2 Å². The third-order valence-electron chi connectivity index (χ3n) is 3.01. The fraction of sp³-hybridized carbons (Fsp3) is 0.538. The topological polar surface area (TPSA) is 72.6 Å². The Hall–Kier alpha value is -1.27. The van der Waals surface area contributed by atoms with E-state index < -0.39 is 10.0 Å². The lowest BCUT2D eigenvalue weighted by molar-refractivity contribution is 0.171. The van der Waals surface area contributed by atoms with Crippen molar-refractivity contribution < 1.29 is 13.2 Å². The molecule has 0 aliphatic rings. The fourth-order valence-electron chi connectivity index (χ4n) is 1.34. The monoisotopic (exact) mass is 286 g/mol. The van der Waals surface area contributed by atoms with Crippen LogP contribution in [-0.2, 0) is 10.0 Å². The van der Waals surface area contributed by atoms with Gasteiger partial charge < -0.3 is 10.5 Å². The first-order valence-electron chi connectivity index (χ1n) is 6.15. The smallest absolute Gasteiger partial charge is 0.242 e. The summed E-state index contributed by atoms with van der Waals surface area (Å²) in [6.07, 6.45) is 0.0126. The summed E-state index contributed by atoms with van der Waals surface area (Å²) in [4.78, 5) is 0.166. The number of sulfonamides is 1. The van der Waals surface area contributed by atoms with Gasteiger partial charge in [-0.2, -0.15) is 0 Å². The van der Waals surface area contributed by atoms with Crippen molar-refractivity contribution in [2.45, 2.75) is 31.8 Å². The Labute approximate surface area is 115 Å². The van der Waals surface area contributed by atoms with E-state index >= 15 is 0 Å². The first kappa shape index (κ1) is 15.8. The van der Waals surface area contributed by atoms with Crippen LogP contribution in [0, 0.1) is 5.92 Å². The van der Waals surface area contributed by atoms with E-state index in [0.29, 0.717) is 17.4 Å². The van der Waals surface area contributed by atoms with Crippen molar-refractivity contribution in [3.63, 3.8) is 0 Å². The Morgan fingerprint density at radius 2 is 1.79 bits per heavy atom. The molecule has 6 heteroatoms. The van der Waals surface area contributed by atoms with Crippen LogP contribution < -0.4 is 10.5 Å². The molecule has 2 N–H and O–H groups in total. The second-order valence-electron chi connectivity index (χ2n) is 5.05. The molecule has 1 aromatic rings. The molecule has 5 nitrogen and oxygen atoms in total. The molecule has 0 fully saturated rings. The summed E-state index contributed by atoms with van der Waals surface area (Å²) in [5, 5.41) is 0. The zero-order valence-corrected chi connectivity index (χ0v) is 12.9. The number of nitrogens with zero attached hydrogens (tertiary/aromatic N) is 1. The van der Waals surface area contributed by atoms with Crippen molar-refractivity contribution in [2.24, 2.45) is 5.92 Å². The van der Waals surface area contributed by atoms with Gasteiger partial charge in [-0.3, -0.25) is 0 Å². The summed E-state index contributed by atoms with van der Waals surface area (Å²) in [7, 11) is -0.497. The lowest BCUT2D eigenvalue weighted by Crippen LogP contribution is -2.22. The highest BCUT2D eigenvalue weighted by Gasteiger charge is 2.19. The van der Waals surface area contributed by atoms with Gasteiger partial charge in [0.2, 0.25) is 10.0 Å². The highest BCUT2D eigenvalue weighted by Crippen LogP contribution is 2.27. The maximum Gasteiger partial charge on any atom is 0.242 e. The molecule has 0 saturated heterocycles. The number of ether oxygens (including phenoxy) is 1. The van der Waals surface area contributed by atoms with Crippen LogP contribution in [-0.4, -0.2) is 32.9 Å². The molecular weight excluding hydrogens is 264 g/mol. The number of nitrogens with two attached hydrogens (primary N) is 1. The van der Waals surface area contributed by atoms with E-state index in [-0.39, 0.29) is 11.0 Å². The van der Waals surface area contributed by atoms with Crippen LogP contribution in [0.2, 0.25) is 0 Å². The van der Waals surface area contributed by atoms with Crippen LogP contribution in [0.25, 0.3) is 0 Å². The van der Waals surface area contributed by atoms with Gasteiger partial charge in [-0.05, 0) is 31.0 Å². The highest BCUT2D eigenvalue weighted by molar-refractivity contribution is 7.89.